The number of furan rings is 1. The van der Waals surface area contributed by atoms with Crippen molar-refractivity contribution in [2.24, 2.45) is 5.92 Å². The van der Waals surface area contributed by atoms with E-state index in [1.54, 1.807) is 13.4 Å². The lowest BCUT2D eigenvalue weighted by atomic mass is 10.2. The summed E-state index contributed by atoms with van der Waals surface area (Å²) in [5.41, 5.74) is 1.16. The topological polar surface area (TPSA) is 43.6 Å². The van der Waals surface area contributed by atoms with Gasteiger partial charge in [-0.1, -0.05) is 13.8 Å². The van der Waals surface area contributed by atoms with E-state index in [1.165, 1.54) is 0 Å². The van der Waals surface area contributed by atoms with Gasteiger partial charge >= 0.3 is 0 Å². The second-order valence-corrected chi connectivity index (χ2v) is 5.02. The van der Waals surface area contributed by atoms with Crippen LogP contribution in [0.4, 0.5) is 0 Å². The normalized spacial score (nSPS) is 13.2. The minimum Gasteiger partial charge on any atom is -0.467 e. The third kappa shape index (κ3) is 6.19. The summed E-state index contributed by atoms with van der Waals surface area (Å²) in [5.74, 6) is 1.52. The summed E-state index contributed by atoms with van der Waals surface area (Å²) in [7, 11) is 1.67. The van der Waals surface area contributed by atoms with Gasteiger partial charge in [-0.05, 0) is 25.5 Å². The lowest BCUT2D eigenvalue weighted by Crippen LogP contribution is -2.18. The highest BCUT2D eigenvalue weighted by Gasteiger charge is 2.06. The Morgan fingerprint density at radius 3 is 2.78 bits per heavy atom. The zero-order chi connectivity index (χ0) is 13.4. The van der Waals surface area contributed by atoms with E-state index in [0.717, 1.165) is 24.4 Å². The Kier molecular flexibility index (Phi) is 7.01. The molecule has 0 saturated heterocycles. The van der Waals surface area contributed by atoms with E-state index in [1.807, 2.05) is 13.0 Å². The van der Waals surface area contributed by atoms with Crippen molar-refractivity contribution in [3.8, 4) is 0 Å². The van der Waals surface area contributed by atoms with Gasteiger partial charge in [0.25, 0.3) is 0 Å². The molecule has 0 bridgehead atoms. The van der Waals surface area contributed by atoms with Gasteiger partial charge in [0, 0.05) is 19.2 Å². The fourth-order valence-electron chi connectivity index (χ4n) is 1.61. The Balaban J connectivity index is 2.25. The summed E-state index contributed by atoms with van der Waals surface area (Å²) < 4.78 is 16.0. The summed E-state index contributed by atoms with van der Waals surface area (Å²) in [6.45, 7) is 9.32. The highest BCUT2D eigenvalue weighted by atomic mass is 16.5. The molecule has 1 unspecified atom stereocenters. The van der Waals surface area contributed by atoms with Crippen molar-refractivity contribution in [2.45, 2.75) is 40.0 Å². The van der Waals surface area contributed by atoms with E-state index < -0.39 is 0 Å². The molecule has 1 rings (SSSR count). The Morgan fingerprint density at radius 1 is 1.33 bits per heavy atom. The average Bonchev–Trinajstić information content (AvgIpc) is 2.74. The number of hydrogen-bond acceptors (Lipinski definition) is 4. The smallest absolute Gasteiger partial charge is 0.129 e. The van der Waals surface area contributed by atoms with Gasteiger partial charge < -0.3 is 19.2 Å². The first-order chi connectivity index (χ1) is 8.61. The Hall–Kier alpha value is -0.840. The van der Waals surface area contributed by atoms with E-state index >= 15 is 0 Å². The van der Waals surface area contributed by atoms with Crippen molar-refractivity contribution in [3.05, 3.63) is 23.7 Å². The molecule has 0 fully saturated rings. The molecule has 4 nitrogen and oxygen atoms in total. The van der Waals surface area contributed by atoms with Gasteiger partial charge in [-0.15, -0.1) is 0 Å². The van der Waals surface area contributed by atoms with Gasteiger partial charge in [0.2, 0.25) is 0 Å². The standard InChI is InChI=1S/C14H25NO3/c1-11(2)6-15-7-13-5-14(18-9-13)10-17-12(3)8-16-4/h5,9,11-12,15H,6-8,10H2,1-4H3. The lowest BCUT2D eigenvalue weighted by molar-refractivity contribution is -0.00635. The van der Waals surface area contributed by atoms with E-state index in [2.05, 4.69) is 19.2 Å². The summed E-state index contributed by atoms with van der Waals surface area (Å²) in [5, 5.41) is 3.38. The molecule has 0 aliphatic heterocycles. The zero-order valence-electron chi connectivity index (χ0n) is 11.9. The Morgan fingerprint density at radius 2 is 2.11 bits per heavy atom. The molecule has 0 radical (unpaired) electrons. The summed E-state index contributed by atoms with van der Waals surface area (Å²) >= 11 is 0. The number of rotatable bonds is 9. The fraction of sp³-hybridized carbons (Fsp3) is 0.714. The van der Waals surface area contributed by atoms with Crippen molar-refractivity contribution in [3.63, 3.8) is 0 Å². The molecule has 1 atom stereocenters. The molecular weight excluding hydrogens is 230 g/mol. The van der Waals surface area contributed by atoms with Gasteiger partial charge in [-0.25, -0.2) is 0 Å². The van der Waals surface area contributed by atoms with Crippen LogP contribution in [0.5, 0.6) is 0 Å². The maximum atomic E-state index is 5.59. The van der Waals surface area contributed by atoms with E-state index in [9.17, 15) is 0 Å². The predicted octanol–water partition coefficient (Wildman–Crippen LogP) is 2.58. The quantitative estimate of drug-likeness (QED) is 0.736. The van der Waals surface area contributed by atoms with Crippen LogP contribution in [0, 0.1) is 5.92 Å². The molecule has 1 N–H and O–H groups in total. The molecule has 104 valence electrons. The number of ether oxygens (including phenoxy) is 2. The zero-order valence-corrected chi connectivity index (χ0v) is 11.9. The van der Waals surface area contributed by atoms with E-state index in [-0.39, 0.29) is 6.10 Å². The van der Waals surface area contributed by atoms with Crippen LogP contribution in [0.15, 0.2) is 16.7 Å². The molecule has 0 amide bonds. The Labute approximate surface area is 110 Å². The van der Waals surface area contributed by atoms with E-state index in [4.69, 9.17) is 13.9 Å². The third-order valence-electron chi connectivity index (χ3n) is 2.50. The number of nitrogens with one attached hydrogen (secondary N) is 1. The molecule has 1 heterocycles. The van der Waals surface area contributed by atoms with Crippen LogP contribution in [0.3, 0.4) is 0 Å². The van der Waals surface area contributed by atoms with Crippen LogP contribution >= 0.6 is 0 Å². The summed E-state index contributed by atoms with van der Waals surface area (Å²) in [6.07, 6.45) is 1.87. The molecular formula is C14H25NO3. The molecule has 1 aromatic heterocycles. The fourth-order valence-corrected chi connectivity index (χ4v) is 1.61. The van der Waals surface area contributed by atoms with Gasteiger partial charge in [0.1, 0.15) is 12.4 Å². The molecule has 0 aliphatic carbocycles. The maximum Gasteiger partial charge on any atom is 0.129 e. The minimum atomic E-state index is 0.0858. The van der Waals surface area contributed by atoms with Crippen LogP contribution < -0.4 is 5.32 Å². The van der Waals surface area contributed by atoms with Gasteiger partial charge in [0.05, 0.1) is 19.0 Å². The van der Waals surface area contributed by atoms with Crippen molar-refractivity contribution in [1.82, 2.24) is 5.32 Å². The van der Waals surface area contributed by atoms with Crippen molar-refractivity contribution in [1.29, 1.82) is 0 Å². The van der Waals surface area contributed by atoms with Crippen LogP contribution in [0.1, 0.15) is 32.1 Å². The molecule has 0 spiro atoms. The molecule has 18 heavy (non-hydrogen) atoms. The minimum absolute atomic E-state index is 0.0858. The number of hydrogen-bond donors (Lipinski definition) is 1. The van der Waals surface area contributed by atoms with Crippen molar-refractivity contribution >= 4 is 0 Å². The molecule has 0 aromatic carbocycles. The van der Waals surface area contributed by atoms with E-state index in [0.29, 0.717) is 19.1 Å². The first-order valence-electron chi connectivity index (χ1n) is 6.49. The molecule has 0 saturated carbocycles. The first kappa shape index (κ1) is 15.2. The van der Waals surface area contributed by atoms with Gasteiger partial charge in [-0.3, -0.25) is 0 Å². The molecule has 0 aliphatic rings. The van der Waals surface area contributed by atoms with Crippen LogP contribution in [-0.2, 0) is 22.6 Å². The second-order valence-electron chi connectivity index (χ2n) is 5.02. The molecule has 1 aromatic rings. The third-order valence-corrected chi connectivity index (χ3v) is 2.50. The van der Waals surface area contributed by atoms with Crippen LogP contribution in [-0.4, -0.2) is 26.4 Å². The molecule has 4 heteroatoms. The monoisotopic (exact) mass is 255 g/mol. The highest BCUT2D eigenvalue weighted by Crippen LogP contribution is 2.10. The second kappa shape index (κ2) is 8.29. The SMILES string of the molecule is COCC(C)OCc1cc(CNCC(C)C)co1. The average molecular weight is 255 g/mol. The summed E-state index contributed by atoms with van der Waals surface area (Å²) in [4.78, 5) is 0. The summed E-state index contributed by atoms with van der Waals surface area (Å²) in [6, 6.07) is 2.03. The van der Waals surface area contributed by atoms with Gasteiger partial charge in [-0.2, -0.15) is 0 Å². The Bertz CT molecular complexity index is 323. The van der Waals surface area contributed by atoms with Crippen molar-refractivity contribution < 1.29 is 13.9 Å². The largest absolute Gasteiger partial charge is 0.467 e. The van der Waals surface area contributed by atoms with Crippen molar-refractivity contribution in [2.75, 3.05) is 20.3 Å². The van der Waals surface area contributed by atoms with Crippen LogP contribution in [0.25, 0.3) is 0 Å². The highest BCUT2D eigenvalue weighted by molar-refractivity contribution is 5.12. The maximum absolute atomic E-state index is 5.59. The first-order valence-corrected chi connectivity index (χ1v) is 6.49. The van der Waals surface area contributed by atoms with Gasteiger partial charge in [0.15, 0.2) is 0 Å². The predicted molar refractivity (Wildman–Crippen MR) is 71.4 cm³/mol. The lowest BCUT2D eigenvalue weighted by Gasteiger charge is -2.09. The number of methoxy groups -OCH3 is 1. The van der Waals surface area contributed by atoms with Crippen LogP contribution in [0.2, 0.25) is 0 Å².